The largest absolute Gasteiger partial charge is 0.476 e. The highest BCUT2D eigenvalue weighted by atomic mass is 35.5. The fraction of sp³-hybridized carbons (Fsp3) is 0.0769. The van der Waals surface area contributed by atoms with Crippen molar-refractivity contribution in [1.29, 1.82) is 0 Å². The number of nitrogen functional groups attached to an aromatic ring is 1. The Morgan fingerprint density at radius 1 is 1.32 bits per heavy atom. The number of nitrogens with two attached hydrogens (primary N) is 1. The molecule has 0 saturated carbocycles. The molecule has 0 aliphatic heterocycles. The Morgan fingerprint density at radius 3 is 2.77 bits per heavy atom. The quantitative estimate of drug-likeness (QED) is 0.760. The predicted octanol–water partition coefficient (Wildman–Crippen LogP) is 2.46. The van der Waals surface area contributed by atoms with Gasteiger partial charge in [-0.25, -0.2) is 19.4 Å². The van der Waals surface area contributed by atoms with E-state index >= 15 is 0 Å². The van der Waals surface area contributed by atoms with Crippen LogP contribution in [0.1, 0.15) is 16.1 Å². The van der Waals surface area contributed by atoms with E-state index in [1.54, 1.807) is 18.2 Å². The van der Waals surface area contributed by atoms with Gasteiger partial charge in [0.05, 0.1) is 11.9 Å². The van der Waals surface area contributed by atoms with Crippen molar-refractivity contribution < 1.29 is 9.90 Å². The molecule has 3 N–H and O–H groups in total. The van der Waals surface area contributed by atoms with Crippen LogP contribution in [-0.2, 0) is 6.54 Å². The second kappa shape index (κ2) is 5.43. The minimum atomic E-state index is -1.20. The van der Waals surface area contributed by atoms with Crippen LogP contribution in [0.5, 0.6) is 0 Å². The first-order chi connectivity index (χ1) is 10.5. The number of hydrogen-bond acceptors (Lipinski definition) is 5. The third kappa shape index (κ3) is 2.44. The molecule has 3 rings (SSSR count). The van der Waals surface area contributed by atoms with Gasteiger partial charge in [-0.05, 0) is 17.7 Å². The molecule has 0 fully saturated rings. The number of carbonyl (C=O) groups is 1. The molecule has 0 unspecified atom stereocenters. The van der Waals surface area contributed by atoms with E-state index in [1.807, 2.05) is 0 Å². The van der Waals surface area contributed by atoms with Gasteiger partial charge in [-0.3, -0.25) is 0 Å². The van der Waals surface area contributed by atoms with E-state index in [9.17, 15) is 9.90 Å². The van der Waals surface area contributed by atoms with Crippen LogP contribution in [0, 0.1) is 0 Å². The molecule has 0 spiro atoms. The first-order valence-corrected chi connectivity index (χ1v) is 6.87. The van der Waals surface area contributed by atoms with Gasteiger partial charge in [0.1, 0.15) is 12.1 Å². The highest BCUT2D eigenvalue weighted by Gasteiger charge is 2.20. The summed E-state index contributed by atoms with van der Waals surface area (Å²) in [6, 6.07) is 5.03. The standard InChI is InChI=1S/C13H9Cl2N5O2/c14-7-2-1-6(8(15)3-7)4-20-12-9(10(19-20)13(21)22)11(16)17-5-18-12/h1-3,5H,4H2,(H,21,22)(H2,16,17,18). The predicted molar refractivity (Wildman–Crippen MR) is 82.3 cm³/mol. The molecule has 0 saturated heterocycles. The van der Waals surface area contributed by atoms with Crippen LogP contribution >= 0.6 is 23.2 Å². The van der Waals surface area contributed by atoms with E-state index < -0.39 is 5.97 Å². The zero-order chi connectivity index (χ0) is 15.9. The van der Waals surface area contributed by atoms with Crippen LogP contribution in [0.25, 0.3) is 11.0 Å². The highest BCUT2D eigenvalue weighted by molar-refractivity contribution is 6.35. The summed E-state index contributed by atoms with van der Waals surface area (Å²) in [6.07, 6.45) is 1.25. The van der Waals surface area contributed by atoms with Crippen LogP contribution in [-0.4, -0.2) is 30.8 Å². The van der Waals surface area contributed by atoms with E-state index in [0.29, 0.717) is 15.7 Å². The molecule has 0 atom stereocenters. The second-order valence-electron chi connectivity index (χ2n) is 4.50. The van der Waals surface area contributed by atoms with Crippen molar-refractivity contribution in [2.45, 2.75) is 6.54 Å². The van der Waals surface area contributed by atoms with Crippen LogP contribution in [0.15, 0.2) is 24.5 Å². The van der Waals surface area contributed by atoms with Gasteiger partial charge in [0, 0.05) is 10.0 Å². The summed E-state index contributed by atoms with van der Waals surface area (Å²) in [7, 11) is 0. The van der Waals surface area contributed by atoms with Gasteiger partial charge in [-0.15, -0.1) is 0 Å². The number of halogens is 2. The number of hydrogen-bond donors (Lipinski definition) is 2. The molecule has 1 aromatic carbocycles. The number of fused-ring (bicyclic) bond motifs is 1. The van der Waals surface area contributed by atoms with Gasteiger partial charge in [-0.2, -0.15) is 5.10 Å². The second-order valence-corrected chi connectivity index (χ2v) is 5.35. The van der Waals surface area contributed by atoms with Gasteiger partial charge in [0.25, 0.3) is 0 Å². The Labute approximate surface area is 134 Å². The van der Waals surface area contributed by atoms with Crippen molar-refractivity contribution in [1.82, 2.24) is 19.7 Å². The lowest BCUT2D eigenvalue weighted by Crippen LogP contribution is -2.05. The lowest BCUT2D eigenvalue weighted by atomic mass is 10.2. The van der Waals surface area contributed by atoms with Gasteiger partial charge in [0.15, 0.2) is 11.3 Å². The van der Waals surface area contributed by atoms with E-state index in [1.165, 1.54) is 11.0 Å². The summed E-state index contributed by atoms with van der Waals surface area (Å²) < 4.78 is 1.42. The van der Waals surface area contributed by atoms with Crippen molar-refractivity contribution in [2.24, 2.45) is 0 Å². The molecule has 2 heterocycles. The van der Waals surface area contributed by atoms with E-state index in [4.69, 9.17) is 28.9 Å². The number of rotatable bonds is 3. The molecule has 0 aliphatic carbocycles. The number of aromatic carboxylic acids is 1. The normalized spacial score (nSPS) is 11.0. The molecule has 22 heavy (non-hydrogen) atoms. The summed E-state index contributed by atoms with van der Waals surface area (Å²) in [5, 5.41) is 14.5. The number of aromatic nitrogens is 4. The average Bonchev–Trinajstić information content (AvgIpc) is 2.82. The topological polar surface area (TPSA) is 107 Å². The van der Waals surface area contributed by atoms with Crippen molar-refractivity contribution in [3.8, 4) is 0 Å². The minimum Gasteiger partial charge on any atom is -0.476 e. The van der Waals surface area contributed by atoms with Gasteiger partial charge in [0.2, 0.25) is 0 Å². The molecule has 3 aromatic rings. The van der Waals surface area contributed by atoms with Crippen LogP contribution in [0.3, 0.4) is 0 Å². The van der Waals surface area contributed by atoms with Gasteiger partial charge in [-0.1, -0.05) is 29.3 Å². The molecule has 112 valence electrons. The van der Waals surface area contributed by atoms with E-state index in [0.717, 1.165) is 5.56 Å². The summed E-state index contributed by atoms with van der Waals surface area (Å²) in [5.74, 6) is -1.14. The Bertz CT molecular complexity index is 894. The number of nitrogens with zero attached hydrogens (tertiary/aromatic N) is 4. The van der Waals surface area contributed by atoms with Crippen LogP contribution < -0.4 is 5.73 Å². The third-order valence-electron chi connectivity index (χ3n) is 3.10. The minimum absolute atomic E-state index is 0.0656. The molecule has 0 amide bonds. The SMILES string of the molecule is Nc1ncnc2c1c(C(=O)O)nn2Cc1ccc(Cl)cc1Cl. The maximum atomic E-state index is 11.3. The highest BCUT2D eigenvalue weighted by Crippen LogP contribution is 2.25. The molecule has 0 aliphatic rings. The zero-order valence-corrected chi connectivity index (χ0v) is 12.5. The van der Waals surface area contributed by atoms with E-state index in [2.05, 4.69) is 15.1 Å². The Morgan fingerprint density at radius 2 is 2.09 bits per heavy atom. The van der Waals surface area contributed by atoms with Crippen molar-refractivity contribution in [2.75, 3.05) is 5.73 Å². The maximum Gasteiger partial charge on any atom is 0.357 e. The smallest absolute Gasteiger partial charge is 0.357 e. The fourth-order valence-electron chi connectivity index (χ4n) is 2.10. The van der Waals surface area contributed by atoms with E-state index in [-0.39, 0.29) is 23.4 Å². The molecule has 0 bridgehead atoms. The molecule has 2 aromatic heterocycles. The molecular weight excluding hydrogens is 329 g/mol. The summed E-state index contributed by atoms with van der Waals surface area (Å²) in [4.78, 5) is 19.2. The zero-order valence-electron chi connectivity index (χ0n) is 11.0. The number of carboxylic acids is 1. The average molecular weight is 338 g/mol. The van der Waals surface area contributed by atoms with Crippen molar-refractivity contribution in [3.05, 3.63) is 45.8 Å². The third-order valence-corrected chi connectivity index (χ3v) is 3.68. The summed E-state index contributed by atoms with van der Waals surface area (Å²) >= 11 is 12.0. The summed E-state index contributed by atoms with van der Waals surface area (Å²) in [6.45, 7) is 0.232. The molecule has 7 nitrogen and oxygen atoms in total. The van der Waals surface area contributed by atoms with Gasteiger partial charge >= 0.3 is 5.97 Å². The molecule has 0 radical (unpaired) electrons. The number of anilines is 1. The van der Waals surface area contributed by atoms with Gasteiger partial charge < -0.3 is 10.8 Å². The summed E-state index contributed by atoms with van der Waals surface area (Å²) in [5.41, 5.74) is 6.60. The van der Waals surface area contributed by atoms with Crippen molar-refractivity contribution >= 4 is 46.0 Å². The van der Waals surface area contributed by atoms with Crippen LogP contribution in [0.4, 0.5) is 5.82 Å². The maximum absolute atomic E-state index is 11.3. The monoisotopic (exact) mass is 337 g/mol. The first-order valence-electron chi connectivity index (χ1n) is 6.11. The number of carboxylic acid groups (broad SMARTS) is 1. The lowest BCUT2D eigenvalue weighted by Gasteiger charge is -2.06. The van der Waals surface area contributed by atoms with Crippen LogP contribution in [0.2, 0.25) is 10.0 Å². The number of benzene rings is 1. The molecular formula is C13H9Cl2N5O2. The molecule has 9 heteroatoms. The Balaban J connectivity index is 2.15. The lowest BCUT2D eigenvalue weighted by molar-refractivity contribution is 0.0691. The first kappa shape index (κ1) is 14.6. The fourth-order valence-corrected chi connectivity index (χ4v) is 2.57. The Kier molecular flexibility index (Phi) is 3.59. The Hall–Kier alpha value is -2.38. The van der Waals surface area contributed by atoms with Crippen molar-refractivity contribution in [3.63, 3.8) is 0 Å².